The number of ether oxygens (including phenoxy) is 3. The maximum absolute atomic E-state index is 12.6. The van der Waals surface area contributed by atoms with Gasteiger partial charge < -0.3 is 24.2 Å². The van der Waals surface area contributed by atoms with Crippen LogP contribution in [-0.2, 0) is 20.8 Å². The van der Waals surface area contributed by atoms with Crippen LogP contribution in [0, 0.1) is 0 Å². The minimum Gasteiger partial charge on any atom is -0.384 e. The zero-order valence-corrected chi connectivity index (χ0v) is 17.5. The highest BCUT2D eigenvalue weighted by Crippen LogP contribution is 2.21. The number of hydrogen-bond acceptors (Lipinski definition) is 8. The van der Waals surface area contributed by atoms with Gasteiger partial charge in [-0.15, -0.1) is 0 Å². The van der Waals surface area contributed by atoms with Crippen molar-refractivity contribution < 1.29 is 19.3 Å². The topological polar surface area (TPSA) is 89.3 Å². The Labute approximate surface area is 175 Å². The summed E-state index contributed by atoms with van der Waals surface area (Å²) in [5.41, 5.74) is 0.766. The maximum atomic E-state index is 12.6. The first-order valence-corrected chi connectivity index (χ1v) is 10.4. The predicted octanol–water partition coefficient (Wildman–Crippen LogP) is -0.0572. The molecule has 0 spiro atoms. The Morgan fingerprint density at radius 2 is 1.90 bits per heavy atom. The molecule has 164 valence electrons. The van der Waals surface area contributed by atoms with Crippen LogP contribution in [0.2, 0.25) is 0 Å². The third-order valence-corrected chi connectivity index (χ3v) is 5.71. The predicted molar refractivity (Wildman–Crippen MR) is 113 cm³/mol. The van der Waals surface area contributed by atoms with Crippen molar-refractivity contribution in [2.45, 2.75) is 12.1 Å². The number of fused-ring (bicyclic) bond motifs is 1. The number of benzene rings is 1. The van der Waals surface area contributed by atoms with E-state index in [0.717, 1.165) is 31.9 Å². The van der Waals surface area contributed by atoms with Crippen molar-refractivity contribution >= 4 is 16.6 Å². The van der Waals surface area contributed by atoms with Crippen LogP contribution in [0.25, 0.3) is 10.9 Å². The smallest absolute Gasteiger partial charge is 0.261 e. The SMILES string of the molecule is COCCn1cnc2cc(N3CCN(CC4(O)COCCOC4)CC3)ccc2c1=O. The molecule has 30 heavy (non-hydrogen) atoms. The van der Waals surface area contributed by atoms with Crippen LogP contribution in [0.3, 0.4) is 0 Å². The second-order valence-corrected chi connectivity index (χ2v) is 8.03. The number of β-amino-alcohol motifs (C(OH)–C–C–N with tert-alkyl or cyclic N) is 1. The summed E-state index contributed by atoms with van der Waals surface area (Å²) in [5.74, 6) is 0. The molecule has 1 aromatic carbocycles. The first-order chi connectivity index (χ1) is 14.6. The van der Waals surface area contributed by atoms with Crippen molar-refractivity contribution in [1.29, 1.82) is 0 Å². The third-order valence-electron chi connectivity index (χ3n) is 5.71. The molecule has 0 atom stereocenters. The average molecular weight is 418 g/mol. The van der Waals surface area contributed by atoms with Gasteiger partial charge in [-0.1, -0.05) is 0 Å². The van der Waals surface area contributed by atoms with Crippen LogP contribution in [0.4, 0.5) is 5.69 Å². The number of aromatic nitrogens is 2. The van der Waals surface area contributed by atoms with E-state index < -0.39 is 5.60 Å². The molecule has 0 aliphatic carbocycles. The summed E-state index contributed by atoms with van der Waals surface area (Å²) in [5, 5.41) is 11.4. The lowest BCUT2D eigenvalue weighted by molar-refractivity contribution is -0.0746. The van der Waals surface area contributed by atoms with Crippen LogP contribution in [0.5, 0.6) is 0 Å². The zero-order chi connectivity index (χ0) is 21.0. The molecular formula is C21H30N4O5. The molecule has 2 aliphatic heterocycles. The standard InChI is InChI=1S/C21H30N4O5/c1-28-9-8-25-16-22-19-12-17(2-3-18(19)20(25)26)24-6-4-23(5-7-24)13-21(27)14-29-10-11-30-15-21/h2-3,12,16,27H,4-11,13-15H2,1H3. The number of aliphatic hydroxyl groups is 1. The van der Waals surface area contributed by atoms with Crippen molar-refractivity contribution in [2.75, 3.05) is 77.8 Å². The molecule has 4 rings (SSSR count). The Kier molecular flexibility index (Phi) is 6.64. The fraction of sp³-hybridized carbons (Fsp3) is 0.619. The minimum atomic E-state index is -0.950. The van der Waals surface area contributed by atoms with Crippen molar-refractivity contribution in [2.24, 2.45) is 0 Å². The quantitative estimate of drug-likeness (QED) is 0.698. The van der Waals surface area contributed by atoms with E-state index >= 15 is 0 Å². The van der Waals surface area contributed by atoms with Crippen LogP contribution < -0.4 is 10.5 Å². The van der Waals surface area contributed by atoms with Crippen molar-refractivity contribution in [1.82, 2.24) is 14.5 Å². The van der Waals surface area contributed by atoms with E-state index in [1.807, 2.05) is 18.2 Å². The van der Waals surface area contributed by atoms with Gasteiger partial charge in [0.2, 0.25) is 0 Å². The number of piperazine rings is 1. The van der Waals surface area contributed by atoms with Gasteiger partial charge in [0.15, 0.2) is 0 Å². The van der Waals surface area contributed by atoms with E-state index in [-0.39, 0.29) is 5.56 Å². The van der Waals surface area contributed by atoms with E-state index in [9.17, 15) is 9.90 Å². The highest BCUT2D eigenvalue weighted by atomic mass is 16.6. The van der Waals surface area contributed by atoms with E-state index in [1.165, 1.54) is 0 Å². The molecule has 1 aromatic heterocycles. The Morgan fingerprint density at radius 1 is 1.17 bits per heavy atom. The molecule has 2 aromatic rings. The summed E-state index contributed by atoms with van der Waals surface area (Å²) < 4.78 is 17.6. The summed E-state index contributed by atoms with van der Waals surface area (Å²) in [7, 11) is 1.62. The monoisotopic (exact) mass is 418 g/mol. The van der Waals surface area contributed by atoms with E-state index in [0.29, 0.717) is 57.0 Å². The number of rotatable bonds is 6. The highest BCUT2D eigenvalue weighted by molar-refractivity contribution is 5.81. The third kappa shape index (κ3) is 4.81. The molecule has 2 saturated heterocycles. The van der Waals surface area contributed by atoms with E-state index in [1.54, 1.807) is 18.0 Å². The summed E-state index contributed by atoms with van der Waals surface area (Å²) in [4.78, 5) is 21.6. The zero-order valence-electron chi connectivity index (χ0n) is 17.5. The van der Waals surface area contributed by atoms with Gasteiger partial charge in [0, 0.05) is 45.5 Å². The number of nitrogens with zero attached hydrogens (tertiary/aromatic N) is 4. The Balaban J connectivity index is 1.40. The molecular weight excluding hydrogens is 388 g/mol. The molecule has 0 radical (unpaired) electrons. The summed E-state index contributed by atoms with van der Waals surface area (Å²) in [6.45, 7) is 6.56. The Bertz CT molecular complexity index is 902. The van der Waals surface area contributed by atoms with Crippen molar-refractivity contribution in [3.8, 4) is 0 Å². The van der Waals surface area contributed by atoms with Crippen LogP contribution in [0.1, 0.15) is 0 Å². The Morgan fingerprint density at radius 3 is 2.60 bits per heavy atom. The molecule has 9 heteroatoms. The fourth-order valence-corrected chi connectivity index (χ4v) is 4.05. The lowest BCUT2D eigenvalue weighted by atomic mass is 10.1. The van der Waals surface area contributed by atoms with Gasteiger partial charge in [0.1, 0.15) is 5.60 Å². The molecule has 2 fully saturated rings. The molecule has 0 unspecified atom stereocenters. The van der Waals surface area contributed by atoms with Crippen LogP contribution >= 0.6 is 0 Å². The average Bonchev–Trinajstić information content (AvgIpc) is 2.98. The fourth-order valence-electron chi connectivity index (χ4n) is 4.05. The van der Waals surface area contributed by atoms with Gasteiger partial charge in [0.05, 0.1) is 56.8 Å². The van der Waals surface area contributed by atoms with Crippen LogP contribution in [0.15, 0.2) is 29.3 Å². The second-order valence-electron chi connectivity index (χ2n) is 8.03. The molecule has 0 bridgehead atoms. The minimum absolute atomic E-state index is 0.0468. The van der Waals surface area contributed by atoms with Gasteiger partial charge >= 0.3 is 0 Å². The molecule has 0 saturated carbocycles. The van der Waals surface area contributed by atoms with Crippen LogP contribution in [-0.4, -0.2) is 98.0 Å². The van der Waals surface area contributed by atoms with E-state index in [4.69, 9.17) is 14.2 Å². The summed E-state index contributed by atoms with van der Waals surface area (Å²) in [6.07, 6.45) is 1.59. The number of anilines is 1. The van der Waals surface area contributed by atoms with Crippen molar-refractivity contribution in [3.63, 3.8) is 0 Å². The summed E-state index contributed by atoms with van der Waals surface area (Å²) >= 11 is 0. The van der Waals surface area contributed by atoms with Gasteiger partial charge in [0.25, 0.3) is 5.56 Å². The first kappa shape index (κ1) is 21.2. The first-order valence-electron chi connectivity index (χ1n) is 10.4. The van der Waals surface area contributed by atoms with Gasteiger partial charge in [-0.25, -0.2) is 4.98 Å². The lowest BCUT2D eigenvalue weighted by Gasteiger charge is -2.39. The van der Waals surface area contributed by atoms with Crippen molar-refractivity contribution in [3.05, 3.63) is 34.9 Å². The normalized spacial score (nSPS) is 20.4. The maximum Gasteiger partial charge on any atom is 0.261 e. The van der Waals surface area contributed by atoms with Gasteiger partial charge in [-0.05, 0) is 18.2 Å². The Hall–Kier alpha value is -2.04. The van der Waals surface area contributed by atoms with Gasteiger partial charge in [-0.3, -0.25) is 14.3 Å². The molecule has 1 N–H and O–H groups in total. The summed E-state index contributed by atoms with van der Waals surface area (Å²) in [6, 6.07) is 5.83. The van der Waals surface area contributed by atoms with Gasteiger partial charge in [-0.2, -0.15) is 0 Å². The largest absolute Gasteiger partial charge is 0.384 e. The highest BCUT2D eigenvalue weighted by Gasteiger charge is 2.33. The van der Waals surface area contributed by atoms with E-state index in [2.05, 4.69) is 14.8 Å². The molecule has 9 nitrogen and oxygen atoms in total. The second kappa shape index (κ2) is 9.40. The number of methoxy groups -OCH3 is 1. The molecule has 3 heterocycles. The molecule has 2 aliphatic rings. The molecule has 0 amide bonds. The number of hydrogen-bond donors (Lipinski definition) is 1. The lowest BCUT2D eigenvalue weighted by Crippen LogP contribution is -2.54.